The molecule has 0 fully saturated rings. The van der Waals surface area contributed by atoms with Crippen molar-refractivity contribution in [3.8, 4) is 0 Å². The van der Waals surface area contributed by atoms with Gasteiger partial charge >= 0.3 is 0 Å². The van der Waals surface area contributed by atoms with Crippen molar-refractivity contribution in [3.05, 3.63) is 0 Å². The number of ether oxygens (including phenoxy) is 1. The molecular weight excluding hydrogens is 168 g/mol. The predicted molar refractivity (Wildman–Crippen MR) is 53.7 cm³/mol. The predicted octanol–water partition coefficient (Wildman–Crippen LogP) is -0.119. The Morgan fingerprint density at radius 2 is 2.08 bits per heavy atom. The number of nitrogens with one attached hydrogen (secondary N) is 1. The van der Waals surface area contributed by atoms with Gasteiger partial charge in [0.05, 0.1) is 12.7 Å². The van der Waals surface area contributed by atoms with E-state index in [9.17, 15) is 5.11 Å². The van der Waals surface area contributed by atoms with Crippen molar-refractivity contribution in [2.24, 2.45) is 0 Å². The zero-order chi connectivity index (χ0) is 10.5. The van der Waals surface area contributed by atoms with Crippen molar-refractivity contribution in [2.45, 2.75) is 25.7 Å². The van der Waals surface area contributed by atoms with Crippen LogP contribution in [0.5, 0.6) is 0 Å². The Hall–Kier alpha value is -0.160. The molecule has 4 heteroatoms. The number of hydrogen-bond donors (Lipinski definition) is 2. The molecule has 0 saturated carbocycles. The number of hydrogen-bond acceptors (Lipinski definition) is 4. The lowest BCUT2D eigenvalue weighted by Gasteiger charge is -2.30. The monoisotopic (exact) mass is 190 g/mol. The van der Waals surface area contributed by atoms with Gasteiger partial charge in [0.15, 0.2) is 0 Å². The van der Waals surface area contributed by atoms with Crippen LogP contribution in [-0.4, -0.2) is 56.1 Å². The van der Waals surface area contributed by atoms with Crippen LogP contribution in [0.25, 0.3) is 0 Å². The van der Waals surface area contributed by atoms with Crippen molar-refractivity contribution < 1.29 is 9.84 Å². The summed E-state index contributed by atoms with van der Waals surface area (Å²) in [4.78, 5) is 2.04. The quantitative estimate of drug-likeness (QED) is 0.573. The van der Waals surface area contributed by atoms with Gasteiger partial charge in [-0.1, -0.05) is 0 Å². The number of rotatable bonds is 6. The summed E-state index contributed by atoms with van der Waals surface area (Å²) in [6, 6.07) is 0. The van der Waals surface area contributed by atoms with E-state index in [1.165, 1.54) is 0 Å². The summed E-state index contributed by atoms with van der Waals surface area (Å²) in [6.07, 6.45) is -0.211. The molecule has 0 aliphatic carbocycles. The number of likely N-dealkylation sites (N-methyl/N-ethyl adjacent to an activating group) is 2. The fourth-order valence-corrected chi connectivity index (χ4v) is 0.778. The van der Waals surface area contributed by atoms with Gasteiger partial charge < -0.3 is 14.7 Å². The summed E-state index contributed by atoms with van der Waals surface area (Å²) in [6.45, 7) is 5.05. The first kappa shape index (κ1) is 12.8. The molecule has 0 aliphatic heterocycles. The first-order valence-corrected chi connectivity index (χ1v) is 4.57. The van der Waals surface area contributed by atoms with E-state index >= 15 is 0 Å². The maximum absolute atomic E-state index is 9.71. The molecule has 0 spiro atoms. The fraction of sp³-hybridized carbons (Fsp3) is 1.00. The van der Waals surface area contributed by atoms with Crippen LogP contribution in [0.4, 0.5) is 0 Å². The van der Waals surface area contributed by atoms with Crippen LogP contribution < -0.4 is 5.32 Å². The summed E-state index contributed by atoms with van der Waals surface area (Å²) in [5, 5.41) is 12.5. The molecule has 2 unspecified atom stereocenters. The summed E-state index contributed by atoms with van der Waals surface area (Å²) >= 11 is 0. The van der Waals surface area contributed by atoms with Crippen LogP contribution in [-0.2, 0) is 4.74 Å². The van der Waals surface area contributed by atoms with Gasteiger partial charge in [0, 0.05) is 6.54 Å². The largest absolute Gasteiger partial charge is 0.373 e. The molecule has 0 aromatic carbocycles. The Kier molecular flexibility index (Phi) is 5.48. The topological polar surface area (TPSA) is 44.7 Å². The van der Waals surface area contributed by atoms with Crippen LogP contribution in [0.3, 0.4) is 0 Å². The standard InChI is InChI=1S/C9H22N2O2/c1-8(9(2,12)10-3)13-7-6-11(4)5/h8,10,12H,6-7H2,1-5H3. The van der Waals surface area contributed by atoms with Gasteiger partial charge in [-0.3, -0.25) is 5.32 Å². The third kappa shape index (κ3) is 5.21. The third-order valence-corrected chi connectivity index (χ3v) is 2.20. The molecule has 0 rings (SSSR count). The lowest BCUT2D eigenvalue weighted by molar-refractivity contribution is -0.106. The van der Waals surface area contributed by atoms with Crippen LogP contribution in [0.15, 0.2) is 0 Å². The Bertz CT molecular complexity index is 138. The highest BCUT2D eigenvalue weighted by Crippen LogP contribution is 2.08. The number of nitrogens with zero attached hydrogens (tertiary/aromatic N) is 1. The minimum absolute atomic E-state index is 0.211. The van der Waals surface area contributed by atoms with Gasteiger partial charge in [-0.25, -0.2) is 0 Å². The molecule has 4 nitrogen and oxygen atoms in total. The maximum atomic E-state index is 9.71. The highest BCUT2D eigenvalue weighted by Gasteiger charge is 2.26. The van der Waals surface area contributed by atoms with E-state index in [4.69, 9.17) is 4.74 Å². The zero-order valence-electron chi connectivity index (χ0n) is 9.29. The van der Waals surface area contributed by atoms with E-state index in [2.05, 4.69) is 5.32 Å². The van der Waals surface area contributed by atoms with Crippen molar-refractivity contribution in [1.82, 2.24) is 10.2 Å². The molecule has 80 valence electrons. The molecule has 0 amide bonds. The van der Waals surface area contributed by atoms with Gasteiger partial charge in [0.25, 0.3) is 0 Å². The summed E-state index contributed by atoms with van der Waals surface area (Å²) in [7, 11) is 5.69. The lowest BCUT2D eigenvalue weighted by atomic mass is 10.1. The van der Waals surface area contributed by atoms with Crippen molar-refractivity contribution in [1.29, 1.82) is 0 Å². The van der Waals surface area contributed by atoms with E-state index in [-0.39, 0.29) is 6.10 Å². The van der Waals surface area contributed by atoms with E-state index in [1.807, 2.05) is 25.9 Å². The van der Waals surface area contributed by atoms with Gasteiger partial charge in [-0.05, 0) is 35.0 Å². The Morgan fingerprint density at radius 1 is 1.54 bits per heavy atom. The molecular formula is C9H22N2O2. The molecule has 0 bridgehead atoms. The molecule has 0 aromatic heterocycles. The average Bonchev–Trinajstić information content (AvgIpc) is 2.03. The summed E-state index contributed by atoms with van der Waals surface area (Å²) in [5.74, 6) is 0. The highest BCUT2D eigenvalue weighted by molar-refractivity contribution is 4.74. The molecule has 0 aliphatic rings. The first-order chi connectivity index (χ1) is 5.90. The van der Waals surface area contributed by atoms with Crippen LogP contribution in [0, 0.1) is 0 Å². The lowest BCUT2D eigenvalue weighted by Crippen LogP contribution is -2.50. The van der Waals surface area contributed by atoms with Crippen LogP contribution in [0.1, 0.15) is 13.8 Å². The molecule has 0 saturated heterocycles. The summed E-state index contributed by atoms with van der Waals surface area (Å²) < 4.78 is 5.45. The second-order valence-electron chi connectivity index (χ2n) is 3.71. The average molecular weight is 190 g/mol. The molecule has 0 radical (unpaired) electrons. The Labute approximate surface area is 80.9 Å². The molecule has 0 heterocycles. The van der Waals surface area contributed by atoms with Gasteiger partial charge in [-0.15, -0.1) is 0 Å². The van der Waals surface area contributed by atoms with Crippen molar-refractivity contribution in [3.63, 3.8) is 0 Å². The third-order valence-electron chi connectivity index (χ3n) is 2.20. The van der Waals surface area contributed by atoms with E-state index in [0.29, 0.717) is 6.61 Å². The van der Waals surface area contributed by atoms with Gasteiger partial charge in [-0.2, -0.15) is 0 Å². The highest BCUT2D eigenvalue weighted by atomic mass is 16.5. The number of aliphatic hydroxyl groups is 1. The second kappa shape index (κ2) is 5.54. The van der Waals surface area contributed by atoms with Gasteiger partial charge in [0.2, 0.25) is 0 Å². The molecule has 2 N–H and O–H groups in total. The van der Waals surface area contributed by atoms with E-state index in [1.54, 1.807) is 14.0 Å². The van der Waals surface area contributed by atoms with Crippen LogP contribution in [0.2, 0.25) is 0 Å². The first-order valence-electron chi connectivity index (χ1n) is 4.57. The summed E-state index contributed by atoms with van der Waals surface area (Å²) in [5.41, 5.74) is -0.952. The zero-order valence-corrected chi connectivity index (χ0v) is 9.29. The smallest absolute Gasteiger partial charge is 0.139 e. The van der Waals surface area contributed by atoms with Crippen molar-refractivity contribution >= 4 is 0 Å². The molecule has 0 aromatic rings. The molecule has 2 atom stereocenters. The Balaban J connectivity index is 3.68. The normalized spacial score (nSPS) is 18.7. The Morgan fingerprint density at radius 3 is 2.46 bits per heavy atom. The minimum Gasteiger partial charge on any atom is -0.373 e. The second-order valence-corrected chi connectivity index (χ2v) is 3.71. The minimum atomic E-state index is -0.952. The van der Waals surface area contributed by atoms with Crippen molar-refractivity contribution in [2.75, 3.05) is 34.3 Å². The molecule has 13 heavy (non-hydrogen) atoms. The van der Waals surface area contributed by atoms with Crippen LogP contribution >= 0.6 is 0 Å². The fourth-order valence-electron chi connectivity index (χ4n) is 0.778. The van der Waals surface area contributed by atoms with Gasteiger partial charge in [0.1, 0.15) is 5.72 Å². The SMILES string of the molecule is CNC(C)(O)C(C)OCCN(C)C. The maximum Gasteiger partial charge on any atom is 0.139 e. The van der Waals surface area contributed by atoms with E-state index < -0.39 is 5.72 Å². The van der Waals surface area contributed by atoms with E-state index in [0.717, 1.165) is 6.54 Å².